The third-order valence-electron chi connectivity index (χ3n) is 3.29. The Balaban J connectivity index is 2.08. The molecule has 1 aliphatic carbocycles. The largest absolute Gasteiger partial charge is 0.335 e. The van der Waals surface area contributed by atoms with Crippen LogP contribution in [0.25, 0.3) is 0 Å². The summed E-state index contributed by atoms with van der Waals surface area (Å²) in [6.45, 7) is 0.331. The molecule has 1 aromatic rings. The summed E-state index contributed by atoms with van der Waals surface area (Å²) in [5.41, 5.74) is 5.66. The summed E-state index contributed by atoms with van der Waals surface area (Å²) >= 11 is 0. The molecule has 0 spiro atoms. The van der Waals surface area contributed by atoms with E-state index in [2.05, 4.69) is 14.7 Å². The first kappa shape index (κ1) is 12.5. The lowest BCUT2D eigenvalue weighted by molar-refractivity contribution is 0.405. The minimum absolute atomic E-state index is 0.0916. The molecule has 1 atom stereocenters. The number of hydrogen-bond donors (Lipinski definition) is 3. The first-order chi connectivity index (χ1) is 8.13. The van der Waals surface area contributed by atoms with Gasteiger partial charge in [-0.1, -0.05) is 12.8 Å². The Morgan fingerprint density at radius 2 is 2.24 bits per heavy atom. The molecule has 17 heavy (non-hydrogen) atoms. The van der Waals surface area contributed by atoms with Gasteiger partial charge in [-0.2, -0.15) is 0 Å². The lowest BCUT2D eigenvalue weighted by Gasteiger charge is -2.22. The van der Waals surface area contributed by atoms with Crippen LogP contribution in [-0.4, -0.2) is 31.0 Å². The number of imidazole rings is 1. The molecule has 1 aliphatic rings. The number of nitrogens with zero attached hydrogens (tertiary/aromatic N) is 1. The predicted octanol–water partition coefficient (Wildman–Crippen LogP) is 0.205. The number of H-pyrrole nitrogens is 1. The third kappa shape index (κ3) is 2.85. The van der Waals surface area contributed by atoms with Gasteiger partial charge in [-0.05, 0) is 18.8 Å². The first-order valence-corrected chi connectivity index (χ1v) is 7.32. The minimum Gasteiger partial charge on any atom is -0.335 e. The minimum atomic E-state index is -3.51. The fourth-order valence-electron chi connectivity index (χ4n) is 2.35. The summed E-state index contributed by atoms with van der Waals surface area (Å²) in [7, 11) is -3.51. The van der Waals surface area contributed by atoms with Crippen LogP contribution in [0.15, 0.2) is 17.6 Å². The van der Waals surface area contributed by atoms with Crippen molar-refractivity contribution >= 4 is 10.0 Å². The molecule has 6 nitrogen and oxygen atoms in total. The quantitative estimate of drug-likeness (QED) is 0.702. The van der Waals surface area contributed by atoms with Gasteiger partial charge >= 0.3 is 0 Å². The zero-order chi connectivity index (χ0) is 12.3. The molecule has 0 bridgehead atoms. The van der Waals surface area contributed by atoms with Crippen molar-refractivity contribution in [3.63, 3.8) is 0 Å². The van der Waals surface area contributed by atoms with E-state index < -0.39 is 10.0 Å². The van der Waals surface area contributed by atoms with Crippen LogP contribution in [0.2, 0.25) is 0 Å². The molecular formula is C10H18N4O2S. The second-order valence-corrected chi connectivity index (χ2v) is 6.11. The molecule has 1 unspecified atom stereocenters. The van der Waals surface area contributed by atoms with Crippen molar-refractivity contribution in [2.45, 2.75) is 36.8 Å². The molecule has 1 fully saturated rings. The fraction of sp³-hybridized carbons (Fsp3) is 0.700. The highest BCUT2D eigenvalue weighted by Crippen LogP contribution is 2.28. The number of hydrogen-bond acceptors (Lipinski definition) is 4. The summed E-state index contributed by atoms with van der Waals surface area (Å²) in [5, 5.41) is 0.0916. The Bertz CT molecular complexity index is 437. The predicted molar refractivity (Wildman–Crippen MR) is 63.7 cm³/mol. The van der Waals surface area contributed by atoms with Crippen LogP contribution in [0.3, 0.4) is 0 Å². The van der Waals surface area contributed by atoms with Crippen molar-refractivity contribution in [3.05, 3.63) is 12.5 Å². The van der Waals surface area contributed by atoms with Crippen molar-refractivity contribution in [3.8, 4) is 0 Å². The van der Waals surface area contributed by atoms with E-state index >= 15 is 0 Å². The van der Waals surface area contributed by atoms with E-state index in [4.69, 9.17) is 5.73 Å². The summed E-state index contributed by atoms with van der Waals surface area (Å²) < 4.78 is 26.6. The zero-order valence-electron chi connectivity index (χ0n) is 9.59. The van der Waals surface area contributed by atoms with E-state index in [0.717, 1.165) is 25.7 Å². The molecule has 0 radical (unpaired) electrons. The lowest BCUT2D eigenvalue weighted by Crippen LogP contribution is -2.44. The van der Waals surface area contributed by atoms with Gasteiger partial charge in [0.05, 0.1) is 12.5 Å². The number of aromatic amines is 1. The van der Waals surface area contributed by atoms with E-state index in [1.165, 1.54) is 12.5 Å². The highest BCUT2D eigenvalue weighted by molar-refractivity contribution is 7.89. The van der Waals surface area contributed by atoms with Gasteiger partial charge in [0, 0.05) is 12.6 Å². The molecule has 0 amide bonds. The summed E-state index contributed by atoms with van der Waals surface area (Å²) in [6.07, 6.45) is 7.06. The molecule has 2 rings (SSSR count). The van der Waals surface area contributed by atoms with Crippen LogP contribution in [0.5, 0.6) is 0 Å². The van der Waals surface area contributed by atoms with Crippen LogP contribution >= 0.6 is 0 Å². The zero-order valence-corrected chi connectivity index (χ0v) is 10.4. The number of nitrogens with one attached hydrogen (secondary N) is 2. The highest BCUT2D eigenvalue weighted by atomic mass is 32.2. The van der Waals surface area contributed by atoms with E-state index in [-0.39, 0.29) is 11.1 Å². The fourth-order valence-corrected chi connectivity index (χ4v) is 3.57. The van der Waals surface area contributed by atoms with Crippen LogP contribution < -0.4 is 10.5 Å². The maximum absolute atomic E-state index is 12.0. The Labute approximate surface area is 101 Å². The second kappa shape index (κ2) is 5.16. The molecule has 0 aliphatic heterocycles. The molecule has 96 valence electrons. The van der Waals surface area contributed by atoms with Gasteiger partial charge in [0.1, 0.15) is 0 Å². The lowest BCUT2D eigenvalue weighted by atomic mass is 9.99. The van der Waals surface area contributed by atoms with E-state index in [0.29, 0.717) is 12.5 Å². The van der Waals surface area contributed by atoms with Gasteiger partial charge < -0.3 is 10.7 Å². The molecule has 1 saturated carbocycles. The van der Waals surface area contributed by atoms with Crippen molar-refractivity contribution in [1.29, 1.82) is 0 Å². The molecule has 1 aromatic heterocycles. The molecule has 1 heterocycles. The average Bonchev–Trinajstić information content (AvgIpc) is 2.97. The molecule has 4 N–H and O–H groups in total. The molecular weight excluding hydrogens is 240 g/mol. The molecule has 7 heteroatoms. The Kier molecular flexibility index (Phi) is 3.80. The first-order valence-electron chi connectivity index (χ1n) is 5.84. The normalized spacial score (nSPS) is 19.6. The van der Waals surface area contributed by atoms with Crippen LogP contribution in [0.4, 0.5) is 0 Å². The number of nitrogens with two attached hydrogens (primary N) is 1. The van der Waals surface area contributed by atoms with Gasteiger partial charge in [0.15, 0.2) is 5.03 Å². The standard InChI is InChI=1S/C10H18N4O2S/c11-5-9(8-3-1-2-4-8)14-17(15,16)10-6-12-7-13-10/h6-9,14H,1-5,11H2,(H,12,13). The highest BCUT2D eigenvalue weighted by Gasteiger charge is 2.28. The molecule has 0 saturated heterocycles. The third-order valence-corrected chi connectivity index (χ3v) is 4.71. The van der Waals surface area contributed by atoms with E-state index in [9.17, 15) is 8.42 Å². The summed E-state index contributed by atoms with van der Waals surface area (Å²) in [6, 6.07) is -0.175. The topological polar surface area (TPSA) is 101 Å². The van der Waals surface area contributed by atoms with Crippen molar-refractivity contribution in [2.75, 3.05) is 6.54 Å². The number of rotatable bonds is 5. The summed E-state index contributed by atoms with van der Waals surface area (Å²) in [5.74, 6) is 0.359. The van der Waals surface area contributed by atoms with Crippen molar-refractivity contribution in [1.82, 2.24) is 14.7 Å². The van der Waals surface area contributed by atoms with E-state index in [1.54, 1.807) is 0 Å². The average molecular weight is 258 g/mol. The second-order valence-electron chi connectivity index (χ2n) is 4.42. The smallest absolute Gasteiger partial charge is 0.257 e. The number of sulfonamides is 1. The van der Waals surface area contributed by atoms with Gasteiger partial charge in [0.25, 0.3) is 10.0 Å². The maximum Gasteiger partial charge on any atom is 0.257 e. The Hall–Kier alpha value is -0.920. The van der Waals surface area contributed by atoms with E-state index in [1.807, 2.05) is 0 Å². The Morgan fingerprint density at radius 1 is 1.53 bits per heavy atom. The SMILES string of the molecule is NCC(NS(=O)(=O)c1cnc[nH]1)C1CCCC1. The van der Waals surface area contributed by atoms with Gasteiger partial charge in [-0.15, -0.1) is 0 Å². The molecule has 0 aromatic carbocycles. The van der Waals surface area contributed by atoms with Gasteiger partial charge in [0.2, 0.25) is 0 Å². The summed E-state index contributed by atoms with van der Waals surface area (Å²) in [4.78, 5) is 6.31. The van der Waals surface area contributed by atoms with Crippen LogP contribution in [-0.2, 0) is 10.0 Å². The van der Waals surface area contributed by atoms with Gasteiger partial charge in [-0.3, -0.25) is 0 Å². The van der Waals surface area contributed by atoms with Crippen LogP contribution in [0.1, 0.15) is 25.7 Å². The Morgan fingerprint density at radius 3 is 2.76 bits per heavy atom. The van der Waals surface area contributed by atoms with Crippen LogP contribution in [0, 0.1) is 5.92 Å². The monoisotopic (exact) mass is 258 g/mol. The number of aromatic nitrogens is 2. The van der Waals surface area contributed by atoms with Crippen molar-refractivity contribution < 1.29 is 8.42 Å². The maximum atomic E-state index is 12.0. The van der Waals surface area contributed by atoms with Crippen molar-refractivity contribution in [2.24, 2.45) is 11.7 Å². The van der Waals surface area contributed by atoms with Gasteiger partial charge in [-0.25, -0.2) is 18.1 Å².